The lowest BCUT2D eigenvalue weighted by Crippen LogP contribution is -2.50. The molecule has 4 nitrogen and oxygen atoms in total. The van der Waals surface area contributed by atoms with Gasteiger partial charge in [-0.15, -0.1) is 0 Å². The van der Waals surface area contributed by atoms with E-state index >= 15 is 0 Å². The Labute approximate surface area is 121 Å². The van der Waals surface area contributed by atoms with E-state index in [1.54, 1.807) is 0 Å². The Morgan fingerprint density at radius 3 is 2.75 bits per heavy atom. The summed E-state index contributed by atoms with van der Waals surface area (Å²) in [6.07, 6.45) is 1.63. The van der Waals surface area contributed by atoms with Crippen LogP contribution in [0.25, 0.3) is 0 Å². The number of nitrogens with zero attached hydrogens (tertiary/aromatic N) is 2. The number of nitrogens with two attached hydrogens (primary N) is 1. The fourth-order valence-electron chi connectivity index (χ4n) is 2.87. The van der Waals surface area contributed by atoms with Crippen LogP contribution in [0.4, 0.5) is 0 Å². The first-order chi connectivity index (χ1) is 9.58. The van der Waals surface area contributed by atoms with Crippen molar-refractivity contribution in [1.29, 1.82) is 0 Å². The summed E-state index contributed by atoms with van der Waals surface area (Å²) in [4.78, 5) is 16.8. The van der Waals surface area contributed by atoms with E-state index in [0.29, 0.717) is 6.42 Å². The monoisotopic (exact) mass is 275 g/mol. The molecule has 0 aliphatic carbocycles. The van der Waals surface area contributed by atoms with Crippen molar-refractivity contribution in [2.75, 3.05) is 26.7 Å². The zero-order valence-corrected chi connectivity index (χ0v) is 12.5. The van der Waals surface area contributed by atoms with E-state index in [0.717, 1.165) is 31.6 Å². The van der Waals surface area contributed by atoms with Crippen molar-refractivity contribution < 1.29 is 4.79 Å². The number of amides is 1. The number of carbonyl (C=O) groups excluding carboxylic acids is 1. The maximum Gasteiger partial charge on any atom is 0.240 e. The molecule has 1 amide bonds. The second-order valence-corrected chi connectivity index (χ2v) is 5.79. The van der Waals surface area contributed by atoms with Crippen LogP contribution in [0.15, 0.2) is 30.3 Å². The van der Waals surface area contributed by atoms with Gasteiger partial charge in [0.15, 0.2) is 0 Å². The minimum Gasteiger partial charge on any atom is -0.337 e. The summed E-state index contributed by atoms with van der Waals surface area (Å²) in [6.45, 7) is 4.88. The first-order valence-electron chi connectivity index (χ1n) is 7.36. The molecule has 0 saturated carbocycles. The molecule has 0 radical (unpaired) electrons. The molecule has 2 atom stereocenters. The standard InChI is InChI=1S/C16H25N3O/c1-13-12-18(2)9-6-10-19(13)16(20)15(17)11-14-7-4-3-5-8-14/h3-5,7-8,13,15H,6,9-12,17H2,1-2H3. The highest BCUT2D eigenvalue weighted by Crippen LogP contribution is 2.12. The second kappa shape index (κ2) is 6.86. The van der Waals surface area contributed by atoms with Crippen LogP contribution in [0.2, 0.25) is 0 Å². The lowest BCUT2D eigenvalue weighted by atomic mass is 10.0. The van der Waals surface area contributed by atoms with E-state index in [1.807, 2.05) is 35.2 Å². The van der Waals surface area contributed by atoms with Gasteiger partial charge in [0.2, 0.25) is 5.91 Å². The van der Waals surface area contributed by atoms with Gasteiger partial charge in [0.25, 0.3) is 0 Å². The van der Waals surface area contributed by atoms with Crippen molar-refractivity contribution >= 4 is 5.91 Å². The Hall–Kier alpha value is -1.39. The first-order valence-corrected chi connectivity index (χ1v) is 7.36. The van der Waals surface area contributed by atoms with Gasteiger partial charge >= 0.3 is 0 Å². The van der Waals surface area contributed by atoms with Gasteiger partial charge in [-0.1, -0.05) is 30.3 Å². The number of benzene rings is 1. The number of hydrogen-bond acceptors (Lipinski definition) is 3. The van der Waals surface area contributed by atoms with Gasteiger partial charge in [-0.25, -0.2) is 0 Å². The average Bonchev–Trinajstić information content (AvgIpc) is 2.59. The summed E-state index contributed by atoms with van der Waals surface area (Å²) >= 11 is 0. The van der Waals surface area contributed by atoms with Crippen molar-refractivity contribution in [3.8, 4) is 0 Å². The highest BCUT2D eigenvalue weighted by Gasteiger charge is 2.27. The topological polar surface area (TPSA) is 49.6 Å². The van der Waals surface area contributed by atoms with Crippen molar-refractivity contribution in [2.45, 2.75) is 31.8 Å². The van der Waals surface area contributed by atoms with E-state index in [-0.39, 0.29) is 11.9 Å². The van der Waals surface area contributed by atoms with Gasteiger partial charge in [-0.2, -0.15) is 0 Å². The first kappa shape index (κ1) is 15.0. The molecule has 110 valence electrons. The lowest BCUT2D eigenvalue weighted by Gasteiger charge is -2.30. The van der Waals surface area contributed by atoms with E-state index in [2.05, 4.69) is 18.9 Å². The van der Waals surface area contributed by atoms with Crippen molar-refractivity contribution in [1.82, 2.24) is 9.80 Å². The third kappa shape index (κ3) is 3.81. The number of rotatable bonds is 3. The Balaban J connectivity index is 1.98. The molecule has 20 heavy (non-hydrogen) atoms. The van der Waals surface area contributed by atoms with Crippen molar-refractivity contribution in [3.63, 3.8) is 0 Å². The molecule has 1 aliphatic heterocycles. The van der Waals surface area contributed by atoms with Crippen LogP contribution in [0.1, 0.15) is 18.9 Å². The van der Waals surface area contributed by atoms with Crippen LogP contribution in [-0.4, -0.2) is 54.5 Å². The smallest absolute Gasteiger partial charge is 0.240 e. The van der Waals surface area contributed by atoms with Crippen LogP contribution >= 0.6 is 0 Å². The fourth-order valence-corrected chi connectivity index (χ4v) is 2.87. The van der Waals surface area contributed by atoms with E-state index in [4.69, 9.17) is 5.73 Å². The summed E-state index contributed by atoms with van der Waals surface area (Å²) in [5.41, 5.74) is 7.24. The summed E-state index contributed by atoms with van der Waals surface area (Å²) in [5.74, 6) is 0.0802. The van der Waals surface area contributed by atoms with Crippen molar-refractivity contribution in [2.24, 2.45) is 5.73 Å². The zero-order chi connectivity index (χ0) is 14.5. The maximum atomic E-state index is 12.6. The van der Waals surface area contributed by atoms with Crippen molar-refractivity contribution in [3.05, 3.63) is 35.9 Å². The maximum absolute atomic E-state index is 12.6. The predicted octanol–water partition coefficient (Wildman–Crippen LogP) is 1.11. The predicted molar refractivity (Wildman–Crippen MR) is 81.4 cm³/mol. The van der Waals surface area contributed by atoms with Gasteiger partial charge in [0, 0.05) is 19.1 Å². The molecule has 1 saturated heterocycles. The molecular weight excluding hydrogens is 250 g/mol. The molecule has 0 aromatic heterocycles. The lowest BCUT2D eigenvalue weighted by molar-refractivity contribution is -0.134. The van der Waals surface area contributed by atoms with Gasteiger partial charge in [0.1, 0.15) is 0 Å². The minimum absolute atomic E-state index is 0.0802. The Morgan fingerprint density at radius 1 is 1.35 bits per heavy atom. The fraction of sp³-hybridized carbons (Fsp3) is 0.562. The molecule has 1 aliphatic rings. The molecule has 2 unspecified atom stereocenters. The molecule has 1 heterocycles. The summed E-state index contributed by atoms with van der Waals surface area (Å²) in [5, 5.41) is 0. The molecule has 2 rings (SSSR count). The van der Waals surface area contributed by atoms with Crippen LogP contribution < -0.4 is 5.73 Å². The van der Waals surface area contributed by atoms with E-state index < -0.39 is 6.04 Å². The molecule has 0 spiro atoms. The molecule has 1 aromatic carbocycles. The van der Waals surface area contributed by atoms with Gasteiger partial charge in [0.05, 0.1) is 6.04 Å². The summed E-state index contributed by atoms with van der Waals surface area (Å²) in [7, 11) is 2.11. The third-order valence-electron chi connectivity index (χ3n) is 3.95. The molecule has 0 bridgehead atoms. The van der Waals surface area contributed by atoms with E-state index in [1.165, 1.54) is 0 Å². The van der Waals surface area contributed by atoms with Crippen LogP contribution in [-0.2, 0) is 11.2 Å². The third-order valence-corrected chi connectivity index (χ3v) is 3.95. The van der Waals surface area contributed by atoms with Crippen LogP contribution in [0, 0.1) is 0 Å². The second-order valence-electron chi connectivity index (χ2n) is 5.79. The van der Waals surface area contributed by atoms with E-state index in [9.17, 15) is 4.79 Å². The Kier molecular flexibility index (Phi) is 5.15. The molecular formula is C16H25N3O. The summed E-state index contributed by atoms with van der Waals surface area (Å²) < 4.78 is 0. The normalized spacial score (nSPS) is 22.4. The Bertz CT molecular complexity index is 435. The Morgan fingerprint density at radius 2 is 2.05 bits per heavy atom. The van der Waals surface area contributed by atoms with Crippen LogP contribution in [0.3, 0.4) is 0 Å². The van der Waals surface area contributed by atoms with Gasteiger partial charge in [-0.05, 0) is 38.9 Å². The molecule has 2 N–H and O–H groups in total. The SMILES string of the molecule is CC1CN(C)CCCN1C(=O)C(N)Cc1ccccc1. The highest BCUT2D eigenvalue weighted by molar-refractivity contribution is 5.82. The molecule has 1 aromatic rings. The average molecular weight is 275 g/mol. The van der Waals surface area contributed by atoms with Gasteiger partial charge in [-0.3, -0.25) is 4.79 Å². The quantitative estimate of drug-likeness (QED) is 0.899. The minimum atomic E-state index is -0.441. The zero-order valence-electron chi connectivity index (χ0n) is 12.5. The largest absolute Gasteiger partial charge is 0.337 e. The van der Waals surface area contributed by atoms with Gasteiger partial charge < -0.3 is 15.5 Å². The number of likely N-dealkylation sites (N-methyl/N-ethyl adjacent to an activating group) is 1. The summed E-state index contributed by atoms with van der Waals surface area (Å²) in [6, 6.07) is 9.77. The number of hydrogen-bond donors (Lipinski definition) is 1. The molecule has 4 heteroatoms. The highest BCUT2D eigenvalue weighted by atomic mass is 16.2. The number of carbonyl (C=O) groups is 1. The molecule has 1 fully saturated rings. The van der Waals surface area contributed by atoms with Crippen LogP contribution in [0.5, 0.6) is 0 Å².